The van der Waals surface area contributed by atoms with Crippen molar-refractivity contribution in [3.63, 3.8) is 0 Å². The lowest BCUT2D eigenvalue weighted by atomic mass is 10.2. The van der Waals surface area contributed by atoms with Crippen LogP contribution in [-0.4, -0.2) is 28.0 Å². The van der Waals surface area contributed by atoms with Crippen LogP contribution in [0, 0.1) is 0 Å². The zero-order chi connectivity index (χ0) is 13.8. The Balaban J connectivity index is 1.95. The molecule has 0 radical (unpaired) electrons. The van der Waals surface area contributed by atoms with Gasteiger partial charge in [0.1, 0.15) is 5.69 Å². The van der Waals surface area contributed by atoms with E-state index in [9.17, 15) is 4.79 Å². The number of aromatic nitrogens is 1. The number of amides is 1. The van der Waals surface area contributed by atoms with Crippen molar-refractivity contribution in [1.29, 1.82) is 0 Å². The van der Waals surface area contributed by atoms with Crippen molar-refractivity contribution in [2.24, 2.45) is 0 Å². The number of carbonyl (C=O) groups is 1. The zero-order valence-corrected chi connectivity index (χ0v) is 13.9. The average Bonchev–Trinajstić information content (AvgIpc) is 2.79. The molecule has 0 aliphatic carbocycles. The van der Waals surface area contributed by atoms with E-state index in [0.717, 1.165) is 16.7 Å². The number of halogens is 1. The smallest absolute Gasteiger partial charge is 0.267 e. The fourth-order valence-corrected chi connectivity index (χ4v) is 4.00. The Hall–Kier alpha value is -0.420. The molecule has 1 aromatic rings. The van der Waals surface area contributed by atoms with Gasteiger partial charge in [0.15, 0.2) is 0 Å². The first-order valence-corrected chi connectivity index (χ1v) is 8.69. The van der Waals surface area contributed by atoms with Gasteiger partial charge in [0.2, 0.25) is 0 Å². The fourth-order valence-electron chi connectivity index (χ4n) is 2.32. The van der Waals surface area contributed by atoms with Crippen LogP contribution in [0.1, 0.15) is 49.6 Å². The second kappa shape index (κ2) is 6.84. The highest BCUT2D eigenvalue weighted by Gasteiger charge is 2.18. The highest BCUT2D eigenvalue weighted by molar-refractivity contribution is 9.10. The van der Waals surface area contributed by atoms with Crippen LogP contribution in [0.4, 0.5) is 0 Å². The molecule has 3 nitrogen and oxygen atoms in total. The number of thioether (sulfide) groups is 1. The van der Waals surface area contributed by atoms with Gasteiger partial charge in [0, 0.05) is 28.5 Å². The van der Waals surface area contributed by atoms with Gasteiger partial charge in [-0.1, -0.05) is 6.42 Å². The van der Waals surface area contributed by atoms with Gasteiger partial charge in [-0.15, -0.1) is 0 Å². The summed E-state index contributed by atoms with van der Waals surface area (Å²) >= 11 is 5.43. The predicted molar refractivity (Wildman–Crippen MR) is 84.9 cm³/mol. The summed E-state index contributed by atoms with van der Waals surface area (Å²) in [6.07, 6.45) is 5.80. The summed E-state index contributed by atoms with van der Waals surface area (Å²) in [6.45, 7) is 4.95. The third-order valence-corrected chi connectivity index (χ3v) is 5.20. The van der Waals surface area contributed by atoms with E-state index >= 15 is 0 Å². The van der Waals surface area contributed by atoms with Crippen LogP contribution < -0.4 is 5.32 Å². The summed E-state index contributed by atoms with van der Waals surface area (Å²) in [5.41, 5.74) is 0.739. The molecule has 106 valence electrons. The molecule has 2 rings (SSSR count). The number of nitrogens with one attached hydrogen (secondary N) is 1. The van der Waals surface area contributed by atoms with Crippen molar-refractivity contribution in [2.45, 2.75) is 44.4 Å². The van der Waals surface area contributed by atoms with Crippen molar-refractivity contribution in [3.05, 3.63) is 22.4 Å². The molecule has 2 heterocycles. The standard InChI is InChI=1S/C14H21BrN2OS/c1-10(2)17-9-11(15)7-13(17)14(18)16-8-12-5-3-4-6-19-12/h7,9-10,12H,3-6,8H2,1-2H3,(H,16,18). The maximum absolute atomic E-state index is 12.3. The molecule has 1 aliphatic heterocycles. The summed E-state index contributed by atoms with van der Waals surface area (Å²) < 4.78 is 2.96. The molecule has 1 unspecified atom stereocenters. The van der Waals surface area contributed by atoms with Crippen LogP contribution in [-0.2, 0) is 0 Å². The summed E-state index contributed by atoms with van der Waals surface area (Å²) in [6, 6.07) is 2.18. The Bertz CT molecular complexity index is 439. The van der Waals surface area contributed by atoms with Crippen molar-refractivity contribution >= 4 is 33.6 Å². The van der Waals surface area contributed by atoms with Crippen LogP contribution in [0.5, 0.6) is 0 Å². The van der Waals surface area contributed by atoms with Gasteiger partial charge in [0.05, 0.1) is 0 Å². The van der Waals surface area contributed by atoms with Crippen molar-refractivity contribution in [1.82, 2.24) is 9.88 Å². The molecule has 0 aromatic carbocycles. The molecule has 0 saturated carbocycles. The first-order valence-electron chi connectivity index (χ1n) is 6.85. The summed E-state index contributed by atoms with van der Waals surface area (Å²) in [7, 11) is 0. The Morgan fingerprint density at radius 3 is 3.00 bits per heavy atom. The molecule has 1 amide bonds. The molecule has 0 bridgehead atoms. The largest absolute Gasteiger partial charge is 0.350 e. The molecule has 0 spiro atoms. The molecule has 5 heteroatoms. The topological polar surface area (TPSA) is 34.0 Å². The molecule has 1 atom stereocenters. The molecular weight excluding hydrogens is 324 g/mol. The SMILES string of the molecule is CC(C)n1cc(Br)cc1C(=O)NCC1CCCCS1. The molecule has 1 saturated heterocycles. The van der Waals surface area contributed by atoms with Crippen LogP contribution >= 0.6 is 27.7 Å². The van der Waals surface area contributed by atoms with Gasteiger partial charge < -0.3 is 9.88 Å². The monoisotopic (exact) mass is 344 g/mol. The Morgan fingerprint density at radius 2 is 2.37 bits per heavy atom. The highest BCUT2D eigenvalue weighted by atomic mass is 79.9. The highest BCUT2D eigenvalue weighted by Crippen LogP contribution is 2.24. The van der Waals surface area contributed by atoms with Gasteiger partial charge in [-0.05, 0) is 54.4 Å². The number of hydrogen-bond donors (Lipinski definition) is 1. The molecule has 1 aromatic heterocycles. The molecule has 1 N–H and O–H groups in total. The van der Waals surface area contributed by atoms with Crippen LogP contribution in [0.25, 0.3) is 0 Å². The molecule has 1 aliphatic rings. The molecule has 1 fully saturated rings. The van der Waals surface area contributed by atoms with Gasteiger partial charge in [-0.3, -0.25) is 4.79 Å². The second-order valence-electron chi connectivity index (χ2n) is 5.24. The predicted octanol–water partition coefficient (Wildman–Crippen LogP) is 3.85. The lowest BCUT2D eigenvalue weighted by Gasteiger charge is -2.21. The van der Waals surface area contributed by atoms with Crippen molar-refractivity contribution in [3.8, 4) is 0 Å². The van der Waals surface area contributed by atoms with E-state index in [4.69, 9.17) is 0 Å². The van der Waals surface area contributed by atoms with Crippen LogP contribution in [0.2, 0.25) is 0 Å². The minimum Gasteiger partial charge on any atom is -0.350 e. The first kappa shape index (κ1) is 15.0. The quantitative estimate of drug-likeness (QED) is 0.899. The molecule has 19 heavy (non-hydrogen) atoms. The van der Waals surface area contributed by atoms with E-state index in [1.54, 1.807) is 0 Å². The normalized spacial score (nSPS) is 19.7. The van der Waals surface area contributed by atoms with Crippen LogP contribution in [0.15, 0.2) is 16.7 Å². The van der Waals surface area contributed by atoms with Crippen molar-refractivity contribution < 1.29 is 4.79 Å². The van der Waals surface area contributed by atoms with Crippen molar-refractivity contribution in [2.75, 3.05) is 12.3 Å². The van der Waals surface area contributed by atoms with E-state index in [-0.39, 0.29) is 11.9 Å². The van der Waals surface area contributed by atoms with E-state index in [1.807, 2.05) is 28.6 Å². The van der Waals surface area contributed by atoms with E-state index in [2.05, 4.69) is 35.1 Å². The Labute approximate surface area is 127 Å². The maximum Gasteiger partial charge on any atom is 0.267 e. The van der Waals surface area contributed by atoms with Gasteiger partial charge in [-0.2, -0.15) is 11.8 Å². The van der Waals surface area contributed by atoms with Crippen LogP contribution in [0.3, 0.4) is 0 Å². The summed E-state index contributed by atoms with van der Waals surface area (Å²) in [5.74, 6) is 1.26. The summed E-state index contributed by atoms with van der Waals surface area (Å²) in [5, 5.41) is 3.66. The minimum absolute atomic E-state index is 0.0329. The first-order chi connectivity index (χ1) is 9.08. The zero-order valence-electron chi connectivity index (χ0n) is 11.5. The third-order valence-electron chi connectivity index (χ3n) is 3.37. The maximum atomic E-state index is 12.3. The van der Waals surface area contributed by atoms with Gasteiger partial charge >= 0.3 is 0 Å². The van der Waals surface area contributed by atoms with Gasteiger partial charge in [-0.25, -0.2) is 0 Å². The molecular formula is C14H21BrN2OS. The summed E-state index contributed by atoms with van der Waals surface area (Å²) in [4.78, 5) is 12.3. The lowest BCUT2D eigenvalue weighted by molar-refractivity contribution is 0.0942. The van der Waals surface area contributed by atoms with E-state index in [1.165, 1.54) is 25.0 Å². The second-order valence-corrected chi connectivity index (χ2v) is 7.57. The van der Waals surface area contributed by atoms with E-state index in [0.29, 0.717) is 5.25 Å². The number of hydrogen-bond acceptors (Lipinski definition) is 2. The Morgan fingerprint density at radius 1 is 1.58 bits per heavy atom. The number of nitrogens with zero attached hydrogens (tertiary/aromatic N) is 1. The lowest BCUT2D eigenvalue weighted by Crippen LogP contribution is -2.33. The fraction of sp³-hybridized carbons (Fsp3) is 0.643. The van der Waals surface area contributed by atoms with Gasteiger partial charge in [0.25, 0.3) is 5.91 Å². The average molecular weight is 345 g/mol. The minimum atomic E-state index is 0.0329. The third kappa shape index (κ3) is 4.02. The number of rotatable bonds is 4. The number of carbonyl (C=O) groups excluding carboxylic acids is 1. The Kier molecular flexibility index (Phi) is 5.39. The van der Waals surface area contributed by atoms with E-state index < -0.39 is 0 Å².